The second-order valence-electron chi connectivity index (χ2n) is 7.52. The molecule has 1 saturated heterocycles. The average Bonchev–Trinajstić information content (AvgIpc) is 3.32. The normalized spacial score (nSPS) is 17.1. The fourth-order valence-electron chi connectivity index (χ4n) is 3.91. The first-order valence-corrected chi connectivity index (χ1v) is 11.1. The van der Waals surface area contributed by atoms with E-state index in [1.165, 1.54) is 17.3 Å². The number of carbonyl (C=O) groups is 1. The molecule has 0 spiro atoms. The lowest BCUT2D eigenvalue weighted by Crippen LogP contribution is -2.38. The highest BCUT2D eigenvalue weighted by Crippen LogP contribution is 2.18. The quantitative estimate of drug-likeness (QED) is 0.629. The first-order valence-electron chi connectivity index (χ1n) is 9.86. The van der Waals surface area contributed by atoms with E-state index in [-0.39, 0.29) is 11.9 Å². The number of rotatable bonds is 6. The standard InChI is InChI=1S/C21H26N6OS/c1-14-18(15(2)27-20(22-14)24-21(25-27)29-3)11-19(28)23-17-9-10-26(13-17)12-16-7-5-4-6-8-16/h4-8,17H,9-13H2,1-3H3,(H,23,28). The first-order chi connectivity index (χ1) is 14.0. The number of fused-ring (bicyclic) bond motifs is 1. The van der Waals surface area contributed by atoms with Gasteiger partial charge in [0.25, 0.3) is 5.78 Å². The molecule has 1 aromatic carbocycles. The molecule has 3 heterocycles. The van der Waals surface area contributed by atoms with Crippen LogP contribution in [-0.4, -0.2) is 55.8 Å². The summed E-state index contributed by atoms with van der Waals surface area (Å²) in [4.78, 5) is 24.1. The summed E-state index contributed by atoms with van der Waals surface area (Å²) in [6, 6.07) is 10.7. The van der Waals surface area contributed by atoms with Gasteiger partial charge in [-0.2, -0.15) is 4.98 Å². The smallest absolute Gasteiger partial charge is 0.253 e. The number of benzene rings is 1. The van der Waals surface area contributed by atoms with Crippen molar-refractivity contribution < 1.29 is 4.79 Å². The highest BCUT2D eigenvalue weighted by Gasteiger charge is 2.24. The fraction of sp³-hybridized carbons (Fsp3) is 0.429. The summed E-state index contributed by atoms with van der Waals surface area (Å²) in [6.45, 7) is 6.72. The van der Waals surface area contributed by atoms with E-state index in [0.29, 0.717) is 17.4 Å². The first kappa shape index (κ1) is 19.8. The molecule has 0 aliphatic carbocycles. The molecule has 0 bridgehead atoms. The molecule has 152 valence electrons. The van der Waals surface area contributed by atoms with Crippen LogP contribution in [-0.2, 0) is 17.8 Å². The third-order valence-electron chi connectivity index (χ3n) is 5.44. The van der Waals surface area contributed by atoms with E-state index >= 15 is 0 Å². The Hall–Kier alpha value is -2.45. The molecule has 1 atom stereocenters. The summed E-state index contributed by atoms with van der Waals surface area (Å²) in [5, 5.41) is 8.35. The third kappa shape index (κ3) is 4.43. The van der Waals surface area contributed by atoms with Gasteiger partial charge in [0, 0.05) is 42.6 Å². The van der Waals surface area contributed by atoms with Crippen molar-refractivity contribution in [3.63, 3.8) is 0 Å². The maximum absolute atomic E-state index is 12.7. The maximum Gasteiger partial charge on any atom is 0.253 e. The van der Waals surface area contributed by atoms with Gasteiger partial charge in [-0.3, -0.25) is 9.69 Å². The Bertz CT molecular complexity index is 1020. The van der Waals surface area contributed by atoms with Crippen molar-refractivity contribution in [3.8, 4) is 0 Å². The molecule has 1 amide bonds. The van der Waals surface area contributed by atoms with E-state index in [2.05, 4.69) is 49.5 Å². The van der Waals surface area contributed by atoms with Crippen molar-refractivity contribution in [1.82, 2.24) is 29.8 Å². The zero-order valence-electron chi connectivity index (χ0n) is 17.1. The largest absolute Gasteiger partial charge is 0.352 e. The number of aromatic nitrogens is 4. The van der Waals surface area contributed by atoms with E-state index in [1.54, 1.807) is 4.52 Å². The van der Waals surface area contributed by atoms with Crippen molar-refractivity contribution >= 4 is 23.4 Å². The molecule has 29 heavy (non-hydrogen) atoms. The summed E-state index contributed by atoms with van der Waals surface area (Å²) in [7, 11) is 0. The van der Waals surface area contributed by atoms with Crippen LogP contribution in [0.5, 0.6) is 0 Å². The lowest BCUT2D eigenvalue weighted by molar-refractivity contribution is -0.121. The Morgan fingerprint density at radius 1 is 1.24 bits per heavy atom. The molecule has 8 heteroatoms. The van der Waals surface area contributed by atoms with Gasteiger partial charge in [0.15, 0.2) is 0 Å². The summed E-state index contributed by atoms with van der Waals surface area (Å²) in [6.07, 6.45) is 3.23. The van der Waals surface area contributed by atoms with Gasteiger partial charge in [-0.1, -0.05) is 42.1 Å². The zero-order chi connectivity index (χ0) is 20.4. The minimum Gasteiger partial charge on any atom is -0.352 e. The number of likely N-dealkylation sites (tertiary alicyclic amines) is 1. The highest BCUT2D eigenvalue weighted by molar-refractivity contribution is 7.98. The molecule has 1 fully saturated rings. The number of hydrogen-bond acceptors (Lipinski definition) is 6. The highest BCUT2D eigenvalue weighted by atomic mass is 32.2. The molecule has 1 aliphatic heterocycles. The molecular formula is C21H26N6OS. The molecule has 1 aliphatic rings. The molecule has 0 saturated carbocycles. The molecule has 0 radical (unpaired) electrons. The van der Waals surface area contributed by atoms with E-state index in [1.807, 2.05) is 26.2 Å². The average molecular weight is 411 g/mol. The SMILES string of the molecule is CSc1nc2nc(C)c(CC(=O)NC3CCN(Cc4ccccc4)C3)c(C)n2n1. The van der Waals surface area contributed by atoms with Crippen molar-refractivity contribution in [1.29, 1.82) is 0 Å². The van der Waals surface area contributed by atoms with Crippen molar-refractivity contribution in [2.75, 3.05) is 19.3 Å². The number of hydrogen-bond donors (Lipinski definition) is 1. The van der Waals surface area contributed by atoms with Gasteiger partial charge in [0.05, 0.1) is 6.42 Å². The van der Waals surface area contributed by atoms with E-state index < -0.39 is 0 Å². The summed E-state index contributed by atoms with van der Waals surface area (Å²) < 4.78 is 1.73. The van der Waals surface area contributed by atoms with Crippen molar-refractivity contribution in [2.45, 2.75) is 44.4 Å². The van der Waals surface area contributed by atoms with Crippen LogP contribution in [0.4, 0.5) is 0 Å². The fourth-order valence-corrected chi connectivity index (χ4v) is 4.24. The topological polar surface area (TPSA) is 75.4 Å². The predicted octanol–water partition coefficient (Wildman–Crippen LogP) is 2.40. The van der Waals surface area contributed by atoms with Crippen LogP contribution in [0.25, 0.3) is 5.78 Å². The van der Waals surface area contributed by atoms with Gasteiger partial charge < -0.3 is 5.32 Å². The van der Waals surface area contributed by atoms with Crippen molar-refractivity contribution in [3.05, 3.63) is 52.8 Å². The molecule has 1 N–H and O–H groups in total. The van der Waals surface area contributed by atoms with Gasteiger partial charge in [-0.25, -0.2) is 9.50 Å². The van der Waals surface area contributed by atoms with Gasteiger partial charge >= 0.3 is 0 Å². The summed E-state index contributed by atoms with van der Waals surface area (Å²) in [5.41, 5.74) is 3.99. The number of nitrogens with zero attached hydrogens (tertiary/aromatic N) is 5. The van der Waals surface area contributed by atoms with Crippen LogP contribution in [0.1, 0.15) is 28.9 Å². The Morgan fingerprint density at radius 2 is 2.03 bits per heavy atom. The number of thioether (sulfide) groups is 1. The number of amides is 1. The van der Waals surface area contributed by atoms with Crippen molar-refractivity contribution in [2.24, 2.45) is 0 Å². The van der Waals surface area contributed by atoms with E-state index in [0.717, 1.165) is 43.0 Å². The molecule has 1 unspecified atom stereocenters. The lowest BCUT2D eigenvalue weighted by Gasteiger charge is -2.17. The summed E-state index contributed by atoms with van der Waals surface area (Å²) in [5.74, 6) is 0.620. The number of nitrogens with one attached hydrogen (secondary N) is 1. The Kier molecular flexibility index (Phi) is 5.82. The third-order valence-corrected chi connectivity index (χ3v) is 5.97. The van der Waals surface area contributed by atoms with Crippen LogP contribution in [0.3, 0.4) is 0 Å². The van der Waals surface area contributed by atoms with E-state index in [9.17, 15) is 4.79 Å². The molecular weight excluding hydrogens is 384 g/mol. The second-order valence-corrected chi connectivity index (χ2v) is 8.30. The maximum atomic E-state index is 12.7. The molecule has 2 aromatic heterocycles. The predicted molar refractivity (Wildman–Crippen MR) is 114 cm³/mol. The molecule has 4 rings (SSSR count). The van der Waals surface area contributed by atoms with Gasteiger partial charge in [-0.15, -0.1) is 5.10 Å². The van der Waals surface area contributed by atoms with Crippen LogP contribution in [0.2, 0.25) is 0 Å². The van der Waals surface area contributed by atoms with Crippen LogP contribution in [0, 0.1) is 13.8 Å². The Balaban J connectivity index is 1.39. The number of aryl methyl sites for hydroxylation is 2. The van der Waals surface area contributed by atoms with Gasteiger partial charge in [0.2, 0.25) is 11.1 Å². The summed E-state index contributed by atoms with van der Waals surface area (Å²) >= 11 is 1.48. The molecule has 3 aromatic rings. The Labute approximate surface area is 174 Å². The minimum absolute atomic E-state index is 0.0362. The van der Waals surface area contributed by atoms with Crippen LogP contribution < -0.4 is 5.32 Å². The van der Waals surface area contributed by atoms with Gasteiger partial charge in [-0.05, 0) is 32.1 Å². The van der Waals surface area contributed by atoms with Crippen LogP contribution >= 0.6 is 11.8 Å². The Morgan fingerprint density at radius 3 is 2.79 bits per heavy atom. The van der Waals surface area contributed by atoms with Gasteiger partial charge in [0.1, 0.15) is 0 Å². The monoisotopic (exact) mass is 410 g/mol. The number of carbonyl (C=O) groups excluding carboxylic acids is 1. The van der Waals surface area contributed by atoms with Crippen LogP contribution in [0.15, 0.2) is 35.5 Å². The second kappa shape index (κ2) is 8.51. The minimum atomic E-state index is 0.0362. The lowest BCUT2D eigenvalue weighted by atomic mass is 10.1. The molecule has 7 nitrogen and oxygen atoms in total. The zero-order valence-corrected chi connectivity index (χ0v) is 17.9. The van der Waals surface area contributed by atoms with E-state index in [4.69, 9.17) is 0 Å².